The van der Waals surface area contributed by atoms with Gasteiger partial charge in [0.25, 0.3) is 0 Å². The third kappa shape index (κ3) is 2.17. The Morgan fingerprint density at radius 3 is 3.07 bits per heavy atom. The van der Waals surface area contributed by atoms with Crippen molar-refractivity contribution >= 4 is 22.9 Å². The fourth-order valence-corrected chi connectivity index (χ4v) is 2.67. The molecule has 0 aromatic carbocycles. The van der Waals surface area contributed by atoms with E-state index in [1.54, 1.807) is 11.3 Å². The predicted octanol–water partition coefficient (Wildman–Crippen LogP) is 2.10. The Kier molecular flexibility index (Phi) is 3.23. The molecule has 74 valence electrons. The topological polar surface area (TPSA) is 37.8 Å². The molecule has 0 amide bonds. The first-order valence-electron chi connectivity index (χ1n) is 4.37. The van der Waals surface area contributed by atoms with E-state index in [0.717, 1.165) is 6.42 Å². The van der Waals surface area contributed by atoms with Gasteiger partial charge in [0.1, 0.15) is 0 Å². The second kappa shape index (κ2) is 4.63. The molecule has 14 heavy (non-hydrogen) atoms. The van der Waals surface area contributed by atoms with Gasteiger partial charge in [0.2, 0.25) is 0 Å². The number of nitrogens with one attached hydrogen (secondary N) is 1. The van der Waals surface area contributed by atoms with E-state index in [0.29, 0.717) is 6.04 Å². The summed E-state index contributed by atoms with van der Waals surface area (Å²) in [6.07, 6.45) is 2.84. The number of thiophene rings is 1. The molecule has 3 nitrogen and oxygen atoms in total. The Morgan fingerprint density at radius 1 is 1.57 bits per heavy atom. The minimum Gasteiger partial charge on any atom is -0.312 e. The highest BCUT2D eigenvalue weighted by molar-refractivity contribution is 7.10. The first-order valence-corrected chi connectivity index (χ1v) is 6.02. The van der Waals surface area contributed by atoms with E-state index in [4.69, 9.17) is 0 Å². The summed E-state index contributed by atoms with van der Waals surface area (Å²) in [4.78, 5) is 2.58. The van der Waals surface area contributed by atoms with Gasteiger partial charge >= 0.3 is 0 Å². The molecule has 2 heterocycles. The molecule has 1 N–H and O–H groups in total. The second-order valence-corrected chi connectivity index (χ2v) is 4.79. The van der Waals surface area contributed by atoms with Crippen LogP contribution in [0.15, 0.2) is 23.7 Å². The van der Waals surface area contributed by atoms with Crippen LogP contribution in [-0.2, 0) is 6.42 Å². The van der Waals surface area contributed by atoms with E-state index in [9.17, 15) is 0 Å². The fourth-order valence-electron chi connectivity index (χ4n) is 1.30. The van der Waals surface area contributed by atoms with Crippen molar-refractivity contribution in [2.75, 3.05) is 7.05 Å². The van der Waals surface area contributed by atoms with Crippen molar-refractivity contribution in [1.82, 2.24) is 14.9 Å². The Hall–Kier alpha value is -0.780. The quantitative estimate of drug-likeness (QED) is 0.866. The minimum absolute atomic E-state index is 0.341. The van der Waals surface area contributed by atoms with Gasteiger partial charge in [-0.25, -0.2) is 0 Å². The maximum Gasteiger partial charge on any atom is 0.0669 e. The van der Waals surface area contributed by atoms with Crippen LogP contribution in [-0.4, -0.2) is 16.6 Å². The molecule has 0 aliphatic rings. The van der Waals surface area contributed by atoms with Gasteiger partial charge in [0.15, 0.2) is 0 Å². The highest BCUT2D eigenvalue weighted by atomic mass is 32.1. The fraction of sp³-hybridized carbons (Fsp3) is 0.333. The lowest BCUT2D eigenvalue weighted by Crippen LogP contribution is -2.17. The van der Waals surface area contributed by atoms with Gasteiger partial charge in [-0.2, -0.15) is 0 Å². The molecular formula is C9H11N3S2. The van der Waals surface area contributed by atoms with E-state index in [2.05, 4.69) is 32.4 Å². The van der Waals surface area contributed by atoms with Crippen LogP contribution in [0, 0.1) is 0 Å². The largest absolute Gasteiger partial charge is 0.312 e. The number of hydrogen-bond donors (Lipinski definition) is 1. The molecule has 2 rings (SSSR count). The van der Waals surface area contributed by atoms with Crippen molar-refractivity contribution in [2.45, 2.75) is 12.5 Å². The molecule has 2 aromatic rings. The van der Waals surface area contributed by atoms with Gasteiger partial charge in [-0.05, 0) is 30.0 Å². The van der Waals surface area contributed by atoms with Crippen molar-refractivity contribution in [3.8, 4) is 0 Å². The predicted molar refractivity (Wildman–Crippen MR) is 59.7 cm³/mol. The summed E-state index contributed by atoms with van der Waals surface area (Å²) in [7, 11) is 1.97. The first-order chi connectivity index (χ1) is 6.90. The molecule has 2 aromatic heterocycles. The van der Waals surface area contributed by atoms with E-state index < -0.39 is 0 Å². The summed E-state index contributed by atoms with van der Waals surface area (Å²) >= 11 is 3.25. The SMILES string of the molecule is CNC(Cc1cccs1)c1cnns1. The van der Waals surface area contributed by atoms with Crippen LogP contribution in [0.2, 0.25) is 0 Å². The number of rotatable bonds is 4. The number of aromatic nitrogens is 2. The number of likely N-dealkylation sites (N-methyl/N-ethyl adjacent to an activating group) is 1. The molecule has 0 saturated heterocycles. The van der Waals surface area contributed by atoms with Crippen LogP contribution in [0.3, 0.4) is 0 Å². The van der Waals surface area contributed by atoms with Gasteiger partial charge in [-0.15, -0.1) is 16.4 Å². The van der Waals surface area contributed by atoms with E-state index in [1.807, 2.05) is 13.2 Å². The smallest absolute Gasteiger partial charge is 0.0669 e. The van der Waals surface area contributed by atoms with Crippen LogP contribution < -0.4 is 5.32 Å². The summed E-state index contributed by atoms with van der Waals surface area (Å²) in [6.45, 7) is 0. The van der Waals surface area contributed by atoms with Crippen molar-refractivity contribution in [1.29, 1.82) is 0 Å². The monoisotopic (exact) mass is 225 g/mol. The lowest BCUT2D eigenvalue weighted by atomic mass is 10.1. The third-order valence-corrected chi connectivity index (χ3v) is 3.73. The molecule has 0 aliphatic carbocycles. The molecule has 0 fully saturated rings. The Balaban J connectivity index is 2.08. The van der Waals surface area contributed by atoms with Crippen LogP contribution in [0.4, 0.5) is 0 Å². The molecule has 5 heteroatoms. The second-order valence-electron chi connectivity index (χ2n) is 2.94. The lowest BCUT2D eigenvalue weighted by Gasteiger charge is -2.11. The highest BCUT2D eigenvalue weighted by Crippen LogP contribution is 2.22. The summed E-state index contributed by atoms with van der Waals surface area (Å²) in [5, 5.41) is 9.24. The third-order valence-electron chi connectivity index (χ3n) is 2.06. The zero-order valence-electron chi connectivity index (χ0n) is 7.80. The normalized spacial score (nSPS) is 12.9. The first kappa shape index (κ1) is 9.76. The zero-order chi connectivity index (χ0) is 9.80. The summed E-state index contributed by atoms with van der Waals surface area (Å²) in [6, 6.07) is 4.58. The molecule has 0 aliphatic heterocycles. The molecule has 0 bridgehead atoms. The Labute approximate surface area is 91.0 Å². The van der Waals surface area contributed by atoms with Crippen molar-refractivity contribution in [3.63, 3.8) is 0 Å². The standard InChI is InChI=1S/C9H11N3S2/c1-10-8(9-6-11-12-14-9)5-7-3-2-4-13-7/h2-4,6,8,10H,5H2,1H3. The van der Waals surface area contributed by atoms with Gasteiger partial charge in [0, 0.05) is 17.3 Å². The Morgan fingerprint density at radius 2 is 2.50 bits per heavy atom. The van der Waals surface area contributed by atoms with E-state index >= 15 is 0 Å². The van der Waals surface area contributed by atoms with Crippen LogP contribution in [0.5, 0.6) is 0 Å². The number of hydrogen-bond acceptors (Lipinski definition) is 5. The summed E-state index contributed by atoms with van der Waals surface area (Å²) in [5.74, 6) is 0. The zero-order valence-corrected chi connectivity index (χ0v) is 9.44. The maximum absolute atomic E-state index is 3.88. The number of nitrogens with zero attached hydrogens (tertiary/aromatic N) is 2. The molecule has 0 saturated carbocycles. The molecular weight excluding hydrogens is 214 g/mol. The minimum atomic E-state index is 0.341. The van der Waals surface area contributed by atoms with E-state index in [1.165, 1.54) is 21.3 Å². The molecule has 0 spiro atoms. The van der Waals surface area contributed by atoms with Gasteiger partial charge in [-0.1, -0.05) is 10.6 Å². The molecule has 1 unspecified atom stereocenters. The van der Waals surface area contributed by atoms with Crippen LogP contribution in [0.1, 0.15) is 15.8 Å². The maximum atomic E-state index is 3.88. The van der Waals surface area contributed by atoms with Crippen molar-refractivity contribution < 1.29 is 0 Å². The Bertz CT molecular complexity index is 355. The average molecular weight is 225 g/mol. The van der Waals surface area contributed by atoms with Crippen LogP contribution in [0.25, 0.3) is 0 Å². The lowest BCUT2D eigenvalue weighted by molar-refractivity contribution is 0.605. The molecule has 1 atom stereocenters. The van der Waals surface area contributed by atoms with Gasteiger partial charge in [0.05, 0.1) is 11.1 Å². The summed E-state index contributed by atoms with van der Waals surface area (Å²) < 4.78 is 3.88. The average Bonchev–Trinajstić information content (AvgIpc) is 2.86. The van der Waals surface area contributed by atoms with Crippen molar-refractivity contribution in [2.24, 2.45) is 0 Å². The summed E-state index contributed by atoms with van der Waals surface area (Å²) in [5.41, 5.74) is 0. The van der Waals surface area contributed by atoms with E-state index in [-0.39, 0.29) is 0 Å². The molecule has 0 radical (unpaired) electrons. The van der Waals surface area contributed by atoms with Crippen molar-refractivity contribution in [3.05, 3.63) is 33.5 Å². The van der Waals surface area contributed by atoms with Gasteiger partial charge in [-0.3, -0.25) is 0 Å². The highest BCUT2D eigenvalue weighted by Gasteiger charge is 2.12. The van der Waals surface area contributed by atoms with Crippen LogP contribution >= 0.6 is 22.9 Å². The van der Waals surface area contributed by atoms with Gasteiger partial charge < -0.3 is 5.32 Å².